The van der Waals surface area contributed by atoms with Crippen molar-refractivity contribution in [3.63, 3.8) is 0 Å². The molecule has 0 fully saturated rings. The van der Waals surface area contributed by atoms with Crippen molar-refractivity contribution in [2.45, 2.75) is 26.3 Å². The summed E-state index contributed by atoms with van der Waals surface area (Å²) in [6.07, 6.45) is -3.21. The van der Waals surface area contributed by atoms with Gasteiger partial charge in [0, 0.05) is 6.08 Å². The average Bonchev–Trinajstić information content (AvgIpc) is 2.26. The van der Waals surface area contributed by atoms with Crippen LogP contribution in [0.15, 0.2) is 24.3 Å². The molecule has 0 aromatic heterocycles. The minimum Gasteiger partial charge on any atom is -0.487 e. The summed E-state index contributed by atoms with van der Waals surface area (Å²) >= 11 is 0. The summed E-state index contributed by atoms with van der Waals surface area (Å²) in [5, 5.41) is 8.48. The van der Waals surface area contributed by atoms with Crippen molar-refractivity contribution < 1.29 is 32.5 Å². The maximum absolute atomic E-state index is 12.3. The monoisotopic (exact) mass is 290 g/mol. The number of benzene rings is 1. The van der Waals surface area contributed by atoms with Crippen LogP contribution >= 0.6 is 0 Å². The second kappa shape index (κ2) is 6.31. The molecule has 7 heteroatoms. The van der Waals surface area contributed by atoms with Crippen molar-refractivity contribution in [2.24, 2.45) is 0 Å². The van der Waals surface area contributed by atoms with Gasteiger partial charge >= 0.3 is 12.3 Å². The molecule has 0 aliphatic rings. The summed E-state index contributed by atoms with van der Waals surface area (Å²) in [5.74, 6) is -1.78. The van der Waals surface area contributed by atoms with Crippen molar-refractivity contribution in [1.82, 2.24) is 0 Å². The van der Waals surface area contributed by atoms with Crippen LogP contribution in [0.3, 0.4) is 0 Å². The number of carboxylic acids is 1. The van der Waals surface area contributed by atoms with Gasteiger partial charge in [-0.1, -0.05) is 6.07 Å². The molecule has 0 radical (unpaired) electrons. The fraction of sp³-hybridized carbons (Fsp3) is 0.308. The van der Waals surface area contributed by atoms with Gasteiger partial charge in [0.05, 0.1) is 6.10 Å². The molecule has 0 saturated carbocycles. The summed E-state index contributed by atoms with van der Waals surface area (Å²) in [7, 11) is 0. The predicted molar refractivity (Wildman–Crippen MR) is 65.6 cm³/mol. The van der Waals surface area contributed by atoms with Gasteiger partial charge in [-0.3, -0.25) is 0 Å². The Labute approximate surface area is 113 Å². The predicted octanol–water partition coefficient (Wildman–Crippen LogP) is 3.47. The molecular weight excluding hydrogens is 277 g/mol. The molecule has 0 bridgehead atoms. The summed E-state index contributed by atoms with van der Waals surface area (Å²) in [6.45, 7) is 3.32. The van der Waals surface area contributed by atoms with E-state index in [1.165, 1.54) is 12.1 Å². The molecule has 1 N–H and O–H groups in total. The Bertz CT molecular complexity index is 507. The third-order valence-electron chi connectivity index (χ3n) is 1.97. The van der Waals surface area contributed by atoms with Gasteiger partial charge in [-0.25, -0.2) is 4.79 Å². The Hall–Kier alpha value is -2.18. The molecule has 110 valence electrons. The highest BCUT2D eigenvalue weighted by Crippen LogP contribution is 2.34. The Kier molecular flexibility index (Phi) is 5.01. The molecule has 0 amide bonds. The second-order valence-corrected chi connectivity index (χ2v) is 4.09. The molecule has 4 nitrogen and oxygen atoms in total. The lowest BCUT2D eigenvalue weighted by molar-refractivity contribution is -0.275. The first-order valence-corrected chi connectivity index (χ1v) is 5.65. The van der Waals surface area contributed by atoms with E-state index in [2.05, 4.69) is 4.74 Å². The van der Waals surface area contributed by atoms with Crippen LogP contribution in [0.25, 0.3) is 6.08 Å². The van der Waals surface area contributed by atoms with Gasteiger partial charge in [-0.2, -0.15) is 0 Å². The molecule has 0 atom stereocenters. The van der Waals surface area contributed by atoms with Gasteiger partial charge in [-0.05, 0) is 37.6 Å². The number of halogens is 3. The summed E-state index contributed by atoms with van der Waals surface area (Å²) in [5.41, 5.74) is 0.253. The van der Waals surface area contributed by atoms with Crippen molar-refractivity contribution in [3.05, 3.63) is 29.8 Å². The highest BCUT2D eigenvalue weighted by molar-refractivity contribution is 5.85. The van der Waals surface area contributed by atoms with E-state index in [9.17, 15) is 18.0 Å². The molecular formula is C13H13F3O4. The highest BCUT2D eigenvalue weighted by atomic mass is 19.4. The number of aliphatic carboxylic acids is 1. The Morgan fingerprint density at radius 3 is 2.45 bits per heavy atom. The number of hydrogen-bond donors (Lipinski definition) is 1. The largest absolute Gasteiger partial charge is 0.573 e. The molecule has 0 aliphatic heterocycles. The van der Waals surface area contributed by atoms with Crippen LogP contribution < -0.4 is 9.47 Å². The Morgan fingerprint density at radius 2 is 1.95 bits per heavy atom. The van der Waals surface area contributed by atoms with E-state index in [4.69, 9.17) is 9.84 Å². The topological polar surface area (TPSA) is 55.8 Å². The number of carbonyl (C=O) groups is 1. The normalized spacial score (nSPS) is 11.9. The molecule has 0 aliphatic carbocycles. The number of alkyl halides is 3. The van der Waals surface area contributed by atoms with Crippen LogP contribution in [-0.2, 0) is 4.79 Å². The smallest absolute Gasteiger partial charge is 0.487 e. The zero-order valence-electron chi connectivity index (χ0n) is 10.8. The molecule has 1 rings (SSSR count). The standard InChI is InChI=1S/C13H13F3O4/c1-8(2)19-10-5-3-9(4-6-12(17)18)7-11(10)20-13(14,15)16/h3-8H,1-2H3,(H,17,18)/b6-4+. The van der Waals surface area contributed by atoms with Gasteiger partial charge in [-0.15, -0.1) is 13.2 Å². The Morgan fingerprint density at radius 1 is 1.30 bits per heavy atom. The van der Waals surface area contributed by atoms with Crippen LogP contribution in [0.1, 0.15) is 19.4 Å². The number of carboxylic acid groups (broad SMARTS) is 1. The van der Waals surface area contributed by atoms with Crippen molar-refractivity contribution >= 4 is 12.0 Å². The average molecular weight is 290 g/mol. The van der Waals surface area contributed by atoms with Crippen LogP contribution in [0.2, 0.25) is 0 Å². The zero-order valence-corrected chi connectivity index (χ0v) is 10.8. The molecule has 1 aromatic rings. The lowest BCUT2D eigenvalue weighted by Gasteiger charge is -2.16. The van der Waals surface area contributed by atoms with Crippen molar-refractivity contribution in [1.29, 1.82) is 0 Å². The van der Waals surface area contributed by atoms with E-state index in [0.717, 1.165) is 18.2 Å². The van der Waals surface area contributed by atoms with Gasteiger partial charge in [0.25, 0.3) is 0 Å². The first-order valence-electron chi connectivity index (χ1n) is 5.65. The molecule has 1 aromatic carbocycles. The quantitative estimate of drug-likeness (QED) is 0.844. The minimum absolute atomic E-state index is 0.0650. The van der Waals surface area contributed by atoms with Crippen LogP contribution in [-0.4, -0.2) is 23.5 Å². The Balaban J connectivity index is 3.10. The molecule has 20 heavy (non-hydrogen) atoms. The maximum Gasteiger partial charge on any atom is 0.573 e. The first-order chi connectivity index (χ1) is 9.17. The van der Waals surface area contributed by atoms with Crippen LogP contribution in [0.5, 0.6) is 11.5 Å². The number of ether oxygens (including phenoxy) is 2. The van der Waals surface area contributed by atoms with E-state index in [0.29, 0.717) is 0 Å². The van der Waals surface area contributed by atoms with E-state index in [1.54, 1.807) is 13.8 Å². The fourth-order valence-electron chi connectivity index (χ4n) is 1.35. The van der Waals surface area contributed by atoms with Crippen LogP contribution in [0, 0.1) is 0 Å². The van der Waals surface area contributed by atoms with Gasteiger partial charge in [0.15, 0.2) is 11.5 Å². The van der Waals surface area contributed by atoms with E-state index >= 15 is 0 Å². The zero-order chi connectivity index (χ0) is 15.3. The summed E-state index contributed by atoms with van der Waals surface area (Å²) < 4.78 is 46.0. The molecule has 0 saturated heterocycles. The minimum atomic E-state index is -4.86. The first kappa shape index (κ1) is 15.9. The molecule has 0 heterocycles. The van der Waals surface area contributed by atoms with E-state index in [-0.39, 0.29) is 17.4 Å². The third-order valence-corrected chi connectivity index (χ3v) is 1.97. The number of hydrogen-bond acceptors (Lipinski definition) is 3. The van der Waals surface area contributed by atoms with E-state index < -0.39 is 18.1 Å². The fourth-order valence-corrected chi connectivity index (χ4v) is 1.35. The van der Waals surface area contributed by atoms with Gasteiger partial charge in [0.2, 0.25) is 0 Å². The van der Waals surface area contributed by atoms with Crippen LogP contribution in [0.4, 0.5) is 13.2 Å². The maximum atomic E-state index is 12.3. The van der Waals surface area contributed by atoms with Gasteiger partial charge in [0.1, 0.15) is 0 Å². The van der Waals surface area contributed by atoms with Crippen molar-refractivity contribution in [2.75, 3.05) is 0 Å². The SMILES string of the molecule is CC(C)Oc1ccc(/C=C/C(=O)O)cc1OC(F)(F)F. The van der Waals surface area contributed by atoms with E-state index in [1.807, 2.05) is 0 Å². The second-order valence-electron chi connectivity index (χ2n) is 4.09. The van der Waals surface area contributed by atoms with Crippen molar-refractivity contribution in [3.8, 4) is 11.5 Å². The summed E-state index contributed by atoms with van der Waals surface area (Å²) in [4.78, 5) is 10.4. The molecule has 0 spiro atoms. The summed E-state index contributed by atoms with van der Waals surface area (Å²) in [6, 6.07) is 3.79. The van der Waals surface area contributed by atoms with Gasteiger partial charge < -0.3 is 14.6 Å². The lowest BCUT2D eigenvalue weighted by atomic mass is 10.2. The number of rotatable bonds is 5. The lowest BCUT2D eigenvalue weighted by Crippen LogP contribution is -2.18. The third kappa shape index (κ3) is 5.64. The molecule has 0 unspecified atom stereocenters. The highest BCUT2D eigenvalue weighted by Gasteiger charge is 2.32.